The average Bonchev–Trinajstić information content (AvgIpc) is 3.02. The second-order valence-corrected chi connectivity index (χ2v) is 6.79. The van der Waals surface area contributed by atoms with Crippen LogP contribution in [0.4, 0.5) is 0 Å². The molecule has 0 atom stereocenters. The van der Waals surface area contributed by atoms with Crippen molar-refractivity contribution in [3.05, 3.63) is 87.8 Å². The molecule has 0 spiro atoms. The van der Waals surface area contributed by atoms with Crippen molar-refractivity contribution < 1.29 is 0 Å². The largest absolute Gasteiger partial charge is 0.339 e. The van der Waals surface area contributed by atoms with Crippen molar-refractivity contribution in [3.8, 4) is 5.69 Å². The Morgan fingerprint density at radius 1 is 0.840 bits per heavy atom. The van der Waals surface area contributed by atoms with Crippen molar-refractivity contribution >= 4 is 43.5 Å². The summed E-state index contributed by atoms with van der Waals surface area (Å²) in [7, 11) is 0. The van der Waals surface area contributed by atoms with Crippen molar-refractivity contribution in [1.29, 1.82) is 0 Å². The van der Waals surface area contributed by atoms with E-state index in [4.69, 9.17) is 4.98 Å². The van der Waals surface area contributed by atoms with E-state index in [-0.39, 0.29) is 5.69 Å². The molecule has 0 aliphatic rings. The highest BCUT2D eigenvalue weighted by Gasteiger charge is 2.16. The summed E-state index contributed by atoms with van der Waals surface area (Å²) in [4.78, 5) is 18.1. The van der Waals surface area contributed by atoms with E-state index in [2.05, 4.69) is 15.9 Å². The number of aromatic nitrogens is 3. The summed E-state index contributed by atoms with van der Waals surface area (Å²) < 4.78 is 4.35. The Kier molecular flexibility index (Phi) is 3.05. The molecular formula is C20H12BrN3O. The number of fused-ring (bicyclic) bond motifs is 5. The molecule has 0 amide bonds. The highest BCUT2D eigenvalue weighted by atomic mass is 79.9. The van der Waals surface area contributed by atoms with Gasteiger partial charge in [0.2, 0.25) is 0 Å². The average molecular weight is 390 g/mol. The lowest BCUT2D eigenvalue weighted by atomic mass is 10.2. The van der Waals surface area contributed by atoms with Crippen LogP contribution in [0.25, 0.3) is 33.3 Å². The van der Waals surface area contributed by atoms with Gasteiger partial charge in [-0.15, -0.1) is 0 Å². The zero-order chi connectivity index (χ0) is 17.0. The first-order valence-corrected chi connectivity index (χ1v) is 8.70. The van der Waals surface area contributed by atoms with Crippen molar-refractivity contribution in [1.82, 2.24) is 14.0 Å². The Hall–Kier alpha value is -2.92. The molecule has 2 aromatic heterocycles. The summed E-state index contributed by atoms with van der Waals surface area (Å²) in [5.41, 5.74) is 3.84. The first-order chi connectivity index (χ1) is 12.2. The summed E-state index contributed by atoms with van der Waals surface area (Å²) in [6, 6.07) is 23.3. The Bertz CT molecular complexity index is 1320. The second-order valence-electron chi connectivity index (χ2n) is 5.87. The SMILES string of the molecule is O=c1n(-c2ccccc2)c2cc(Br)ccc2c2nc3ccccc3n12. The molecule has 25 heavy (non-hydrogen) atoms. The van der Waals surface area contributed by atoms with Gasteiger partial charge in [0.15, 0.2) is 5.65 Å². The van der Waals surface area contributed by atoms with Gasteiger partial charge < -0.3 is 0 Å². The third-order valence-corrected chi connectivity index (χ3v) is 4.89. The minimum absolute atomic E-state index is 0.125. The van der Waals surface area contributed by atoms with E-state index in [1.165, 1.54) is 0 Å². The van der Waals surface area contributed by atoms with Gasteiger partial charge in [0.25, 0.3) is 0 Å². The lowest BCUT2D eigenvalue weighted by molar-refractivity contribution is 0.932. The molecule has 0 aliphatic heterocycles. The molecule has 5 heteroatoms. The molecule has 0 unspecified atom stereocenters. The smallest absolute Gasteiger partial charge is 0.262 e. The first-order valence-electron chi connectivity index (χ1n) is 7.91. The van der Waals surface area contributed by atoms with Crippen LogP contribution < -0.4 is 5.69 Å². The van der Waals surface area contributed by atoms with E-state index in [0.717, 1.165) is 32.1 Å². The van der Waals surface area contributed by atoms with E-state index >= 15 is 0 Å². The Morgan fingerprint density at radius 3 is 2.44 bits per heavy atom. The van der Waals surface area contributed by atoms with Gasteiger partial charge in [-0.2, -0.15) is 0 Å². The minimum Gasteiger partial charge on any atom is -0.262 e. The number of rotatable bonds is 1. The predicted octanol–water partition coefficient (Wildman–Crippen LogP) is 4.55. The molecule has 5 aromatic rings. The number of para-hydroxylation sites is 3. The molecule has 0 saturated carbocycles. The summed E-state index contributed by atoms with van der Waals surface area (Å²) in [5, 5.41) is 0.933. The van der Waals surface area contributed by atoms with Crippen LogP contribution in [0.3, 0.4) is 0 Å². The topological polar surface area (TPSA) is 39.3 Å². The van der Waals surface area contributed by atoms with Crippen LogP contribution in [-0.4, -0.2) is 14.0 Å². The van der Waals surface area contributed by atoms with Crippen LogP contribution >= 0.6 is 15.9 Å². The molecule has 0 saturated heterocycles. The third kappa shape index (κ3) is 2.06. The maximum Gasteiger partial charge on any atom is 0.339 e. The fourth-order valence-corrected chi connectivity index (χ4v) is 3.66. The highest BCUT2D eigenvalue weighted by molar-refractivity contribution is 9.10. The lowest BCUT2D eigenvalue weighted by Crippen LogP contribution is -2.25. The molecule has 3 aromatic carbocycles. The molecule has 120 valence electrons. The van der Waals surface area contributed by atoms with Crippen molar-refractivity contribution in [3.63, 3.8) is 0 Å². The number of hydrogen-bond acceptors (Lipinski definition) is 2. The van der Waals surface area contributed by atoms with E-state index in [9.17, 15) is 4.79 Å². The summed E-state index contributed by atoms with van der Waals surface area (Å²) in [5.74, 6) is 0. The van der Waals surface area contributed by atoms with Gasteiger partial charge in [0, 0.05) is 9.86 Å². The molecule has 0 bridgehead atoms. The summed E-state index contributed by atoms with van der Waals surface area (Å²) >= 11 is 3.52. The van der Waals surface area contributed by atoms with Crippen LogP contribution in [0.1, 0.15) is 0 Å². The van der Waals surface area contributed by atoms with Crippen LogP contribution in [0.2, 0.25) is 0 Å². The van der Waals surface area contributed by atoms with E-state index < -0.39 is 0 Å². The number of halogens is 1. The van der Waals surface area contributed by atoms with Gasteiger partial charge in [-0.3, -0.25) is 4.57 Å². The molecule has 0 fully saturated rings. The van der Waals surface area contributed by atoms with E-state index in [0.29, 0.717) is 5.65 Å². The monoisotopic (exact) mass is 389 g/mol. The summed E-state index contributed by atoms with van der Waals surface area (Å²) in [6.45, 7) is 0. The molecule has 0 aliphatic carbocycles. The Morgan fingerprint density at radius 2 is 1.60 bits per heavy atom. The standard InChI is InChI=1S/C20H12BrN3O/c21-13-10-11-15-18(12-13)23(14-6-2-1-3-7-14)20(25)24-17-9-5-4-8-16(17)22-19(15)24/h1-12H. The Labute approximate surface area is 151 Å². The fraction of sp³-hybridized carbons (Fsp3) is 0. The fourth-order valence-electron chi connectivity index (χ4n) is 3.31. The normalized spacial score (nSPS) is 11.6. The molecule has 5 rings (SSSR count). The number of hydrogen-bond donors (Lipinski definition) is 0. The molecule has 4 nitrogen and oxygen atoms in total. The van der Waals surface area contributed by atoms with Gasteiger partial charge in [-0.05, 0) is 42.5 Å². The van der Waals surface area contributed by atoms with E-state index in [1.807, 2.05) is 72.8 Å². The van der Waals surface area contributed by atoms with Gasteiger partial charge in [0.1, 0.15) is 0 Å². The van der Waals surface area contributed by atoms with Gasteiger partial charge in [-0.25, -0.2) is 14.2 Å². The highest BCUT2D eigenvalue weighted by Crippen LogP contribution is 2.26. The molecular weight excluding hydrogens is 378 g/mol. The van der Waals surface area contributed by atoms with Gasteiger partial charge in [0.05, 0.1) is 22.2 Å². The predicted molar refractivity (Wildman–Crippen MR) is 104 cm³/mol. The molecule has 2 heterocycles. The third-order valence-electron chi connectivity index (χ3n) is 4.40. The number of nitrogens with zero attached hydrogens (tertiary/aromatic N) is 3. The van der Waals surface area contributed by atoms with E-state index in [1.54, 1.807) is 8.97 Å². The van der Waals surface area contributed by atoms with Crippen LogP contribution in [-0.2, 0) is 0 Å². The van der Waals surface area contributed by atoms with Crippen LogP contribution in [0, 0.1) is 0 Å². The number of imidazole rings is 1. The van der Waals surface area contributed by atoms with Crippen molar-refractivity contribution in [2.45, 2.75) is 0 Å². The molecule has 0 N–H and O–H groups in total. The lowest BCUT2D eigenvalue weighted by Gasteiger charge is -2.12. The zero-order valence-electron chi connectivity index (χ0n) is 13.1. The van der Waals surface area contributed by atoms with Crippen molar-refractivity contribution in [2.75, 3.05) is 0 Å². The summed E-state index contributed by atoms with van der Waals surface area (Å²) in [6.07, 6.45) is 0. The quantitative estimate of drug-likeness (QED) is 0.421. The van der Waals surface area contributed by atoms with Gasteiger partial charge in [-0.1, -0.05) is 46.3 Å². The maximum absolute atomic E-state index is 13.4. The van der Waals surface area contributed by atoms with Gasteiger partial charge >= 0.3 is 5.69 Å². The maximum atomic E-state index is 13.4. The van der Waals surface area contributed by atoms with Crippen LogP contribution in [0.5, 0.6) is 0 Å². The Balaban J connectivity index is 2.10. The number of benzene rings is 3. The minimum atomic E-state index is -0.125. The van der Waals surface area contributed by atoms with Crippen LogP contribution in [0.15, 0.2) is 82.1 Å². The zero-order valence-corrected chi connectivity index (χ0v) is 14.6. The molecule has 0 radical (unpaired) electrons. The first kappa shape index (κ1) is 14.4. The van der Waals surface area contributed by atoms with Crippen molar-refractivity contribution in [2.24, 2.45) is 0 Å². The second kappa shape index (κ2) is 5.29.